The monoisotopic (exact) mass is 384 g/mol. The fourth-order valence-corrected chi connectivity index (χ4v) is 6.48. The lowest BCUT2D eigenvalue weighted by Crippen LogP contribution is -2.67. The first-order chi connectivity index (χ1) is 13.1. The number of hydrogen-bond donors (Lipinski definition) is 1. The number of nitriles is 1. The highest BCUT2D eigenvalue weighted by Crippen LogP contribution is 2.50. The third kappa shape index (κ3) is 2.39. The van der Waals surface area contributed by atoms with Crippen LogP contribution >= 0.6 is 11.3 Å². The molecule has 0 aromatic carbocycles. The average molecular weight is 385 g/mol. The number of fused-ring (bicyclic) bond motifs is 3. The molecule has 2 amide bonds. The Balaban J connectivity index is 1.47. The standard InChI is InChI=1S/C20H24N4O2S/c21-11-14-9-12-10-15(12)23(14)19(26)17(22)20-6-1-3-13(5-7-20)24(20)18(25)16-4-2-8-27-16/h2,4,8,12-15,17H,1,3,5-7,9-10,22H2. The minimum atomic E-state index is -0.748. The van der Waals surface area contributed by atoms with Crippen LogP contribution in [0.15, 0.2) is 17.5 Å². The van der Waals surface area contributed by atoms with Gasteiger partial charge in [-0.25, -0.2) is 0 Å². The highest BCUT2D eigenvalue weighted by molar-refractivity contribution is 7.12. The molecule has 2 N–H and O–H groups in total. The second kappa shape index (κ2) is 6.05. The third-order valence-electron chi connectivity index (χ3n) is 7.21. The maximum Gasteiger partial charge on any atom is 0.264 e. The number of hydrogen-bond acceptors (Lipinski definition) is 5. The SMILES string of the molecule is N#CC1CC2CC2N1C(=O)C(N)C12CCCC(CC1)N2C(=O)c1cccs1. The van der Waals surface area contributed by atoms with E-state index >= 15 is 0 Å². The molecular formula is C20H24N4O2S. The number of piperidine rings is 2. The lowest BCUT2D eigenvalue weighted by Gasteiger charge is -2.48. The van der Waals surface area contributed by atoms with Crippen molar-refractivity contribution in [2.45, 2.75) is 74.7 Å². The average Bonchev–Trinajstić information content (AvgIpc) is 3.03. The summed E-state index contributed by atoms with van der Waals surface area (Å²) in [7, 11) is 0. The van der Waals surface area contributed by atoms with Crippen molar-refractivity contribution in [3.63, 3.8) is 0 Å². The summed E-state index contributed by atoms with van der Waals surface area (Å²) in [5.41, 5.74) is 6.03. The van der Waals surface area contributed by atoms with Crippen LogP contribution in [0.25, 0.3) is 0 Å². The molecule has 1 aliphatic carbocycles. The quantitative estimate of drug-likeness (QED) is 0.864. The number of thiophene rings is 1. The molecule has 3 aliphatic heterocycles. The van der Waals surface area contributed by atoms with E-state index in [0.29, 0.717) is 10.8 Å². The summed E-state index contributed by atoms with van der Waals surface area (Å²) in [5, 5.41) is 11.4. The Bertz CT molecular complexity index is 814. The topological polar surface area (TPSA) is 90.4 Å². The van der Waals surface area contributed by atoms with Gasteiger partial charge in [-0.05, 0) is 62.3 Å². The second-order valence-electron chi connectivity index (χ2n) is 8.51. The Morgan fingerprint density at radius 2 is 2.19 bits per heavy atom. The first-order valence-corrected chi connectivity index (χ1v) is 10.8. The molecule has 1 aromatic rings. The van der Waals surface area contributed by atoms with Crippen molar-refractivity contribution >= 4 is 23.2 Å². The molecule has 1 aromatic heterocycles. The van der Waals surface area contributed by atoms with Crippen LogP contribution in [-0.4, -0.2) is 51.3 Å². The summed E-state index contributed by atoms with van der Waals surface area (Å²) in [6.07, 6.45) is 6.19. The third-order valence-corrected chi connectivity index (χ3v) is 8.06. The lowest BCUT2D eigenvalue weighted by molar-refractivity contribution is -0.137. The smallest absolute Gasteiger partial charge is 0.264 e. The summed E-state index contributed by atoms with van der Waals surface area (Å²) < 4.78 is 0. The number of rotatable bonds is 3. The molecule has 142 valence electrons. The van der Waals surface area contributed by atoms with E-state index in [1.54, 1.807) is 4.90 Å². The zero-order valence-corrected chi connectivity index (χ0v) is 16.0. The van der Waals surface area contributed by atoms with Gasteiger partial charge in [0.25, 0.3) is 5.91 Å². The van der Waals surface area contributed by atoms with Crippen LogP contribution in [0.1, 0.15) is 54.6 Å². The van der Waals surface area contributed by atoms with Gasteiger partial charge in [0.2, 0.25) is 5.91 Å². The molecule has 1 saturated carbocycles. The van der Waals surface area contributed by atoms with E-state index in [1.807, 2.05) is 22.4 Å². The van der Waals surface area contributed by atoms with E-state index < -0.39 is 11.6 Å². The Labute approximate surface area is 162 Å². The van der Waals surface area contributed by atoms with Crippen molar-refractivity contribution in [1.29, 1.82) is 5.26 Å². The van der Waals surface area contributed by atoms with Gasteiger partial charge in [0.1, 0.15) is 12.1 Å². The first-order valence-electron chi connectivity index (χ1n) is 9.91. The van der Waals surface area contributed by atoms with Gasteiger partial charge in [-0.3, -0.25) is 9.59 Å². The molecule has 0 spiro atoms. The van der Waals surface area contributed by atoms with Gasteiger partial charge >= 0.3 is 0 Å². The number of carbonyl (C=O) groups is 2. The van der Waals surface area contributed by atoms with Crippen LogP contribution in [0.5, 0.6) is 0 Å². The van der Waals surface area contributed by atoms with Crippen LogP contribution in [0.2, 0.25) is 0 Å². The molecule has 4 heterocycles. The van der Waals surface area contributed by atoms with Crippen molar-refractivity contribution in [3.05, 3.63) is 22.4 Å². The fraction of sp³-hybridized carbons (Fsp3) is 0.650. The fourth-order valence-electron chi connectivity index (χ4n) is 5.82. The minimum Gasteiger partial charge on any atom is -0.327 e. The maximum atomic E-state index is 13.4. The number of amides is 2. The molecule has 6 nitrogen and oxygen atoms in total. The van der Waals surface area contributed by atoms with Gasteiger partial charge in [-0.2, -0.15) is 5.26 Å². The number of carbonyl (C=O) groups excluding carboxylic acids is 2. The highest BCUT2D eigenvalue weighted by Gasteiger charge is 2.60. The van der Waals surface area contributed by atoms with Crippen molar-refractivity contribution in [2.75, 3.05) is 0 Å². The van der Waals surface area contributed by atoms with E-state index in [4.69, 9.17) is 5.73 Å². The molecule has 6 unspecified atom stereocenters. The van der Waals surface area contributed by atoms with Crippen LogP contribution in [0.3, 0.4) is 0 Å². The molecule has 4 fully saturated rings. The number of nitrogens with zero attached hydrogens (tertiary/aromatic N) is 3. The minimum absolute atomic E-state index is 0.0120. The molecule has 4 aliphatic rings. The first kappa shape index (κ1) is 17.2. The van der Waals surface area contributed by atoms with E-state index in [-0.39, 0.29) is 29.9 Å². The van der Waals surface area contributed by atoms with Gasteiger partial charge in [-0.15, -0.1) is 11.3 Å². The Morgan fingerprint density at radius 1 is 1.33 bits per heavy atom. The molecule has 2 bridgehead atoms. The number of nitrogens with two attached hydrogens (primary N) is 1. The van der Waals surface area contributed by atoms with Crippen LogP contribution < -0.4 is 5.73 Å². The molecular weight excluding hydrogens is 360 g/mol. The molecule has 3 saturated heterocycles. The highest BCUT2D eigenvalue weighted by atomic mass is 32.1. The van der Waals surface area contributed by atoms with Crippen LogP contribution in [0.4, 0.5) is 0 Å². The predicted octanol–water partition coefficient (Wildman–Crippen LogP) is 2.12. The molecule has 5 rings (SSSR count). The second-order valence-corrected chi connectivity index (χ2v) is 9.46. The van der Waals surface area contributed by atoms with Crippen LogP contribution in [0, 0.1) is 17.2 Å². The van der Waals surface area contributed by atoms with Crippen molar-refractivity contribution < 1.29 is 9.59 Å². The molecule has 7 heteroatoms. The van der Waals surface area contributed by atoms with Crippen LogP contribution in [-0.2, 0) is 4.79 Å². The summed E-state index contributed by atoms with van der Waals surface area (Å²) in [6, 6.07) is 5.27. The normalized spacial score (nSPS) is 37.6. The van der Waals surface area contributed by atoms with E-state index in [9.17, 15) is 14.9 Å². The van der Waals surface area contributed by atoms with Gasteiger partial charge in [0, 0.05) is 12.1 Å². The van der Waals surface area contributed by atoms with Crippen molar-refractivity contribution in [2.24, 2.45) is 11.7 Å². The lowest BCUT2D eigenvalue weighted by atomic mass is 9.80. The largest absolute Gasteiger partial charge is 0.327 e. The summed E-state index contributed by atoms with van der Waals surface area (Å²) in [6.45, 7) is 0. The number of likely N-dealkylation sites (tertiary alicyclic amines) is 1. The molecule has 27 heavy (non-hydrogen) atoms. The zero-order chi connectivity index (χ0) is 18.8. The predicted molar refractivity (Wildman–Crippen MR) is 101 cm³/mol. The van der Waals surface area contributed by atoms with Crippen molar-refractivity contribution in [1.82, 2.24) is 9.80 Å². The van der Waals surface area contributed by atoms with E-state index in [0.717, 1.165) is 44.9 Å². The van der Waals surface area contributed by atoms with E-state index in [2.05, 4.69) is 6.07 Å². The van der Waals surface area contributed by atoms with Crippen molar-refractivity contribution in [3.8, 4) is 6.07 Å². The molecule has 0 radical (unpaired) electrons. The Hall–Kier alpha value is -1.91. The zero-order valence-electron chi connectivity index (χ0n) is 15.2. The summed E-state index contributed by atoms with van der Waals surface area (Å²) in [4.78, 5) is 31.1. The van der Waals surface area contributed by atoms with Gasteiger partial charge in [0.05, 0.1) is 16.5 Å². The van der Waals surface area contributed by atoms with Gasteiger partial charge in [-0.1, -0.05) is 6.07 Å². The summed E-state index contributed by atoms with van der Waals surface area (Å²) >= 11 is 1.44. The Morgan fingerprint density at radius 3 is 2.93 bits per heavy atom. The summed E-state index contributed by atoms with van der Waals surface area (Å²) in [5.74, 6) is 0.353. The maximum absolute atomic E-state index is 13.4. The Kier molecular flexibility index (Phi) is 3.85. The van der Waals surface area contributed by atoms with Gasteiger partial charge < -0.3 is 15.5 Å². The molecule has 6 atom stereocenters. The van der Waals surface area contributed by atoms with Gasteiger partial charge in [0.15, 0.2) is 0 Å². The van der Waals surface area contributed by atoms with E-state index in [1.165, 1.54) is 11.3 Å².